The van der Waals surface area contributed by atoms with E-state index in [1.54, 1.807) is 11.2 Å². The van der Waals surface area contributed by atoms with Crippen molar-refractivity contribution in [3.63, 3.8) is 0 Å². The molecule has 0 saturated carbocycles. The monoisotopic (exact) mass is 372 g/mol. The zero-order chi connectivity index (χ0) is 19.0. The number of hydrogen-bond acceptors (Lipinski definition) is 6. The maximum atomic E-state index is 12.8. The first kappa shape index (κ1) is 17.8. The van der Waals surface area contributed by atoms with Crippen LogP contribution in [-0.4, -0.2) is 59.0 Å². The summed E-state index contributed by atoms with van der Waals surface area (Å²) in [6, 6.07) is 1.20. The minimum Gasteiger partial charge on any atom is -0.490 e. The number of rotatable bonds is 3. The number of ether oxygens (including phenoxy) is 1. The van der Waals surface area contributed by atoms with Crippen molar-refractivity contribution >= 4 is 5.91 Å². The Morgan fingerprint density at radius 3 is 2.81 bits per heavy atom. The van der Waals surface area contributed by atoms with Gasteiger partial charge in [-0.25, -0.2) is 4.98 Å². The SMILES string of the molecule is CCN1CCc2[nH]cnc2C12CCN(C(=O)c1cc(=O)c(OC)co1)CC2. The lowest BCUT2D eigenvalue weighted by atomic mass is 9.78. The highest BCUT2D eigenvalue weighted by Gasteiger charge is 2.46. The van der Waals surface area contributed by atoms with Gasteiger partial charge >= 0.3 is 0 Å². The third kappa shape index (κ3) is 2.84. The standard InChI is InChI=1S/C19H24N4O4/c1-3-23-7-4-13-17(21-12-20-13)19(23)5-8-22(9-6-19)18(25)15-10-14(24)16(26-2)11-27-15/h10-12H,3-9H2,1-2H3,(H,20,21). The number of imidazole rings is 1. The van der Waals surface area contributed by atoms with Gasteiger partial charge in [0.05, 0.1) is 24.7 Å². The first-order chi connectivity index (χ1) is 13.1. The molecule has 0 bridgehead atoms. The minimum atomic E-state index is -0.355. The number of hydrogen-bond donors (Lipinski definition) is 1. The van der Waals surface area contributed by atoms with E-state index >= 15 is 0 Å². The van der Waals surface area contributed by atoms with Crippen LogP contribution in [0.4, 0.5) is 0 Å². The number of aromatic nitrogens is 2. The molecule has 1 amide bonds. The van der Waals surface area contributed by atoms with E-state index in [4.69, 9.17) is 9.15 Å². The van der Waals surface area contributed by atoms with Crippen LogP contribution in [0.15, 0.2) is 27.9 Å². The first-order valence-electron chi connectivity index (χ1n) is 9.33. The molecule has 2 aromatic heterocycles. The molecule has 1 spiro atoms. The molecule has 0 unspecified atom stereocenters. The van der Waals surface area contributed by atoms with Crippen molar-refractivity contribution in [1.82, 2.24) is 19.8 Å². The van der Waals surface area contributed by atoms with E-state index in [1.165, 1.54) is 25.1 Å². The van der Waals surface area contributed by atoms with Crippen LogP contribution in [0.5, 0.6) is 5.75 Å². The molecule has 1 saturated heterocycles. The molecule has 0 atom stereocenters. The number of nitrogens with zero attached hydrogens (tertiary/aromatic N) is 3. The van der Waals surface area contributed by atoms with Crippen molar-refractivity contribution in [2.75, 3.05) is 33.3 Å². The number of piperidine rings is 1. The summed E-state index contributed by atoms with van der Waals surface area (Å²) in [6.07, 6.45) is 5.56. The van der Waals surface area contributed by atoms with Crippen molar-refractivity contribution in [3.8, 4) is 5.75 Å². The summed E-state index contributed by atoms with van der Waals surface area (Å²) in [4.78, 5) is 36.8. The van der Waals surface area contributed by atoms with Gasteiger partial charge in [0.15, 0.2) is 5.76 Å². The molecular weight excluding hydrogens is 348 g/mol. The summed E-state index contributed by atoms with van der Waals surface area (Å²) >= 11 is 0. The van der Waals surface area contributed by atoms with E-state index in [0.717, 1.165) is 38.0 Å². The predicted octanol–water partition coefficient (Wildman–Crippen LogP) is 1.38. The predicted molar refractivity (Wildman–Crippen MR) is 97.9 cm³/mol. The third-order valence-corrected chi connectivity index (χ3v) is 5.88. The average Bonchev–Trinajstić information content (AvgIpc) is 3.18. The van der Waals surface area contributed by atoms with E-state index in [-0.39, 0.29) is 28.4 Å². The number of H-pyrrole nitrogens is 1. The summed E-state index contributed by atoms with van der Waals surface area (Å²) in [5.74, 6) is -0.116. The van der Waals surface area contributed by atoms with E-state index in [1.807, 2.05) is 0 Å². The lowest BCUT2D eigenvalue weighted by Crippen LogP contribution is -2.57. The van der Waals surface area contributed by atoms with Crippen LogP contribution in [0, 0.1) is 0 Å². The van der Waals surface area contributed by atoms with Crippen molar-refractivity contribution in [3.05, 3.63) is 46.0 Å². The molecule has 27 heavy (non-hydrogen) atoms. The molecule has 2 aliphatic rings. The number of likely N-dealkylation sites (N-methyl/N-ethyl adjacent to an activating group) is 1. The number of carbonyl (C=O) groups excluding carboxylic acids is 1. The van der Waals surface area contributed by atoms with Gasteiger partial charge in [-0.15, -0.1) is 0 Å². The molecule has 0 radical (unpaired) electrons. The molecule has 0 aliphatic carbocycles. The van der Waals surface area contributed by atoms with Gasteiger partial charge in [0, 0.05) is 37.8 Å². The fraction of sp³-hybridized carbons (Fsp3) is 0.526. The zero-order valence-corrected chi connectivity index (χ0v) is 15.7. The highest BCUT2D eigenvalue weighted by atomic mass is 16.5. The Bertz CT molecular complexity index is 895. The van der Waals surface area contributed by atoms with E-state index < -0.39 is 0 Å². The molecule has 0 aromatic carbocycles. The largest absolute Gasteiger partial charge is 0.490 e. The third-order valence-electron chi connectivity index (χ3n) is 5.88. The molecule has 1 N–H and O–H groups in total. The van der Waals surface area contributed by atoms with Crippen LogP contribution in [0.2, 0.25) is 0 Å². The quantitative estimate of drug-likeness (QED) is 0.875. The van der Waals surface area contributed by atoms with Crippen molar-refractivity contribution in [2.45, 2.75) is 31.7 Å². The Balaban J connectivity index is 1.54. The molecule has 1 fully saturated rings. The number of amides is 1. The molecule has 144 valence electrons. The van der Waals surface area contributed by atoms with Crippen molar-refractivity contribution in [2.24, 2.45) is 0 Å². The summed E-state index contributed by atoms with van der Waals surface area (Å²) in [7, 11) is 1.39. The van der Waals surface area contributed by atoms with Crippen molar-refractivity contribution < 1.29 is 13.9 Å². The summed E-state index contributed by atoms with van der Waals surface area (Å²) < 4.78 is 10.2. The molecule has 8 heteroatoms. The van der Waals surface area contributed by atoms with Gasteiger partial charge in [0.2, 0.25) is 11.2 Å². The summed E-state index contributed by atoms with van der Waals surface area (Å²) in [5, 5.41) is 0. The smallest absolute Gasteiger partial charge is 0.289 e. The van der Waals surface area contributed by atoms with Crippen LogP contribution < -0.4 is 10.2 Å². The Labute approximate surface area is 157 Å². The number of likely N-dealkylation sites (tertiary alicyclic amines) is 1. The number of methoxy groups -OCH3 is 1. The van der Waals surface area contributed by atoms with Crippen molar-refractivity contribution in [1.29, 1.82) is 0 Å². The van der Waals surface area contributed by atoms with Gasteiger partial charge < -0.3 is 19.0 Å². The molecule has 4 heterocycles. The fourth-order valence-electron chi connectivity index (χ4n) is 4.43. The maximum absolute atomic E-state index is 12.8. The molecular formula is C19H24N4O4. The summed E-state index contributed by atoms with van der Waals surface area (Å²) in [5.41, 5.74) is 1.85. The zero-order valence-electron chi connectivity index (χ0n) is 15.7. The van der Waals surface area contributed by atoms with Crippen LogP contribution in [0.25, 0.3) is 0 Å². The molecule has 2 aromatic rings. The number of nitrogens with one attached hydrogen (secondary N) is 1. The first-order valence-corrected chi connectivity index (χ1v) is 9.33. The van der Waals surface area contributed by atoms with Gasteiger partial charge in [0.25, 0.3) is 5.91 Å². The Hall–Kier alpha value is -2.61. The molecule has 8 nitrogen and oxygen atoms in total. The minimum absolute atomic E-state index is 0.0493. The van der Waals surface area contributed by atoms with Gasteiger partial charge in [-0.05, 0) is 19.4 Å². The summed E-state index contributed by atoms with van der Waals surface area (Å²) in [6.45, 7) is 5.30. The normalized spacial score (nSPS) is 19.1. The average molecular weight is 372 g/mol. The molecule has 2 aliphatic heterocycles. The van der Waals surface area contributed by atoms with Crippen LogP contribution in [0.3, 0.4) is 0 Å². The Kier molecular flexibility index (Phi) is 4.51. The van der Waals surface area contributed by atoms with Gasteiger partial charge in [0.1, 0.15) is 6.26 Å². The van der Waals surface area contributed by atoms with Crippen LogP contribution >= 0.6 is 0 Å². The Morgan fingerprint density at radius 1 is 1.37 bits per heavy atom. The Morgan fingerprint density at radius 2 is 2.15 bits per heavy atom. The lowest BCUT2D eigenvalue weighted by molar-refractivity contribution is 0.00912. The second-order valence-electron chi connectivity index (χ2n) is 7.06. The van der Waals surface area contributed by atoms with E-state index in [9.17, 15) is 9.59 Å². The van der Waals surface area contributed by atoms with Crippen LogP contribution in [-0.2, 0) is 12.0 Å². The number of carbonyl (C=O) groups is 1. The van der Waals surface area contributed by atoms with E-state index in [0.29, 0.717) is 13.1 Å². The van der Waals surface area contributed by atoms with Crippen LogP contribution in [0.1, 0.15) is 41.7 Å². The second kappa shape index (κ2) is 6.84. The lowest BCUT2D eigenvalue weighted by Gasteiger charge is -2.50. The number of fused-ring (bicyclic) bond motifs is 2. The second-order valence-corrected chi connectivity index (χ2v) is 7.06. The van der Waals surface area contributed by atoms with Gasteiger partial charge in [-0.3, -0.25) is 14.5 Å². The highest BCUT2D eigenvalue weighted by molar-refractivity contribution is 5.91. The topological polar surface area (TPSA) is 91.7 Å². The molecule has 4 rings (SSSR count). The number of aromatic amines is 1. The maximum Gasteiger partial charge on any atom is 0.289 e. The van der Waals surface area contributed by atoms with Gasteiger partial charge in [-0.1, -0.05) is 6.92 Å². The highest BCUT2D eigenvalue weighted by Crippen LogP contribution is 2.42. The van der Waals surface area contributed by atoms with E-state index in [2.05, 4.69) is 21.8 Å². The van der Waals surface area contributed by atoms with Gasteiger partial charge in [-0.2, -0.15) is 0 Å². The fourth-order valence-corrected chi connectivity index (χ4v) is 4.43.